The molecule has 1 heterocycles. The van der Waals surface area contributed by atoms with Gasteiger partial charge in [0.1, 0.15) is 0 Å². The number of anilines is 1. The monoisotopic (exact) mass is 330 g/mol. The predicted molar refractivity (Wildman–Crippen MR) is 92.7 cm³/mol. The summed E-state index contributed by atoms with van der Waals surface area (Å²) in [4.78, 5) is 14.0. The molecule has 1 aliphatic rings. The normalized spacial score (nSPS) is 17.3. The van der Waals surface area contributed by atoms with E-state index in [0.717, 1.165) is 23.2 Å². The Morgan fingerprint density at radius 1 is 1.22 bits per heavy atom. The van der Waals surface area contributed by atoms with Gasteiger partial charge in [-0.3, -0.25) is 0 Å². The highest BCUT2D eigenvalue weighted by Gasteiger charge is 2.25. The number of rotatable bonds is 3. The molecule has 0 unspecified atom stereocenters. The number of halogens is 1. The lowest BCUT2D eigenvalue weighted by Gasteiger charge is -2.17. The van der Waals surface area contributed by atoms with Gasteiger partial charge in [-0.2, -0.15) is 0 Å². The Hall–Kier alpha value is -2.04. The molecule has 0 spiro atoms. The molecule has 1 aliphatic heterocycles. The van der Waals surface area contributed by atoms with Crippen LogP contribution in [0.25, 0.3) is 11.1 Å². The lowest BCUT2D eigenvalue weighted by atomic mass is 10.1. The van der Waals surface area contributed by atoms with Crippen LogP contribution in [0.3, 0.4) is 0 Å². The summed E-state index contributed by atoms with van der Waals surface area (Å²) >= 11 is 6.04. The maximum atomic E-state index is 12.3. The zero-order valence-electron chi connectivity index (χ0n) is 12.7. The van der Waals surface area contributed by atoms with Gasteiger partial charge >= 0.3 is 6.03 Å². The smallest absolute Gasteiger partial charge is 0.321 e. The molecule has 1 atom stereocenters. The maximum Gasteiger partial charge on any atom is 0.321 e. The van der Waals surface area contributed by atoms with Crippen LogP contribution in [0.15, 0.2) is 48.5 Å². The summed E-state index contributed by atoms with van der Waals surface area (Å²) < 4.78 is 0. The van der Waals surface area contributed by atoms with Crippen molar-refractivity contribution >= 4 is 23.3 Å². The number of benzene rings is 2. The number of carbonyl (C=O) groups is 1. The molecular formula is C18H19ClN2O2. The SMILES string of the molecule is O=C(Nc1cccc(-c2cccc(Cl)c2)c1)N1CC[C@H](CO)C1. The number of aliphatic hydroxyl groups is 1. The summed E-state index contributed by atoms with van der Waals surface area (Å²) in [5.41, 5.74) is 2.76. The molecule has 0 saturated carbocycles. The van der Waals surface area contributed by atoms with Crippen LogP contribution in [0.5, 0.6) is 0 Å². The first-order valence-electron chi connectivity index (χ1n) is 7.68. The topological polar surface area (TPSA) is 52.6 Å². The average Bonchev–Trinajstić information content (AvgIpc) is 3.04. The van der Waals surface area contributed by atoms with Gasteiger partial charge in [0.15, 0.2) is 0 Å². The minimum Gasteiger partial charge on any atom is -0.396 e. The van der Waals surface area contributed by atoms with E-state index in [2.05, 4.69) is 5.32 Å². The molecule has 1 fully saturated rings. The molecule has 23 heavy (non-hydrogen) atoms. The van der Waals surface area contributed by atoms with E-state index in [1.807, 2.05) is 48.5 Å². The summed E-state index contributed by atoms with van der Waals surface area (Å²) in [6.45, 7) is 1.43. The van der Waals surface area contributed by atoms with Crippen LogP contribution in [0.2, 0.25) is 5.02 Å². The average molecular weight is 331 g/mol. The lowest BCUT2D eigenvalue weighted by molar-refractivity contribution is 0.209. The number of aliphatic hydroxyl groups excluding tert-OH is 1. The highest BCUT2D eigenvalue weighted by Crippen LogP contribution is 2.25. The van der Waals surface area contributed by atoms with Crippen molar-refractivity contribution in [3.63, 3.8) is 0 Å². The fraction of sp³-hybridized carbons (Fsp3) is 0.278. The van der Waals surface area contributed by atoms with E-state index >= 15 is 0 Å². The Morgan fingerprint density at radius 3 is 2.65 bits per heavy atom. The minimum atomic E-state index is -0.121. The van der Waals surface area contributed by atoms with Gasteiger partial charge in [0.2, 0.25) is 0 Å². The predicted octanol–water partition coefficient (Wildman–Crippen LogP) is 3.85. The Bertz CT molecular complexity index is 705. The molecule has 2 amide bonds. The van der Waals surface area contributed by atoms with Gasteiger partial charge in [0.25, 0.3) is 0 Å². The first kappa shape index (κ1) is 15.8. The molecule has 3 rings (SSSR count). The van der Waals surface area contributed by atoms with Crippen LogP contribution in [-0.4, -0.2) is 35.7 Å². The quantitative estimate of drug-likeness (QED) is 0.898. The maximum absolute atomic E-state index is 12.3. The highest BCUT2D eigenvalue weighted by molar-refractivity contribution is 6.30. The van der Waals surface area contributed by atoms with Gasteiger partial charge in [0.05, 0.1) is 0 Å². The molecule has 0 bridgehead atoms. The van der Waals surface area contributed by atoms with E-state index in [1.54, 1.807) is 4.90 Å². The van der Waals surface area contributed by atoms with Gasteiger partial charge in [-0.1, -0.05) is 35.9 Å². The zero-order valence-corrected chi connectivity index (χ0v) is 13.5. The summed E-state index contributed by atoms with van der Waals surface area (Å²) in [5.74, 6) is 0.193. The third-order valence-electron chi connectivity index (χ3n) is 4.10. The third kappa shape index (κ3) is 3.84. The Kier molecular flexibility index (Phi) is 4.84. The number of hydrogen-bond donors (Lipinski definition) is 2. The van der Waals surface area contributed by atoms with E-state index in [0.29, 0.717) is 18.1 Å². The van der Waals surface area contributed by atoms with Crippen LogP contribution in [-0.2, 0) is 0 Å². The number of likely N-dealkylation sites (tertiary alicyclic amines) is 1. The molecule has 0 aromatic heterocycles. The number of carbonyl (C=O) groups excluding carboxylic acids is 1. The van der Waals surface area contributed by atoms with E-state index in [9.17, 15) is 9.90 Å². The zero-order chi connectivity index (χ0) is 16.2. The van der Waals surface area contributed by atoms with Crippen molar-refractivity contribution in [1.82, 2.24) is 4.90 Å². The summed E-state index contributed by atoms with van der Waals surface area (Å²) in [6, 6.07) is 15.2. The minimum absolute atomic E-state index is 0.121. The molecule has 2 aromatic rings. The lowest BCUT2D eigenvalue weighted by Crippen LogP contribution is -2.33. The largest absolute Gasteiger partial charge is 0.396 e. The number of nitrogens with zero attached hydrogens (tertiary/aromatic N) is 1. The number of amides is 2. The van der Waals surface area contributed by atoms with Crippen molar-refractivity contribution in [1.29, 1.82) is 0 Å². The van der Waals surface area contributed by atoms with E-state index < -0.39 is 0 Å². The van der Waals surface area contributed by atoms with Gasteiger partial charge in [-0.05, 0) is 41.8 Å². The molecule has 1 saturated heterocycles. The van der Waals surface area contributed by atoms with Crippen molar-refractivity contribution in [2.75, 3.05) is 25.0 Å². The van der Waals surface area contributed by atoms with E-state index in [4.69, 9.17) is 11.6 Å². The van der Waals surface area contributed by atoms with Gasteiger partial charge < -0.3 is 15.3 Å². The number of hydrogen-bond acceptors (Lipinski definition) is 2. The molecule has 0 radical (unpaired) electrons. The summed E-state index contributed by atoms with van der Waals surface area (Å²) in [7, 11) is 0. The number of nitrogens with one attached hydrogen (secondary N) is 1. The van der Waals surface area contributed by atoms with Crippen LogP contribution < -0.4 is 5.32 Å². The molecule has 2 N–H and O–H groups in total. The third-order valence-corrected chi connectivity index (χ3v) is 4.34. The summed E-state index contributed by atoms with van der Waals surface area (Å²) in [5, 5.41) is 12.8. The second-order valence-corrected chi connectivity index (χ2v) is 6.24. The first-order chi connectivity index (χ1) is 11.2. The molecule has 4 nitrogen and oxygen atoms in total. The Labute approximate surface area is 140 Å². The van der Waals surface area contributed by atoms with Gasteiger partial charge in [-0.15, -0.1) is 0 Å². The molecule has 0 aliphatic carbocycles. The van der Waals surface area contributed by atoms with Gasteiger partial charge in [-0.25, -0.2) is 4.79 Å². The number of urea groups is 1. The van der Waals surface area contributed by atoms with Crippen LogP contribution in [0.1, 0.15) is 6.42 Å². The second-order valence-electron chi connectivity index (χ2n) is 5.80. The van der Waals surface area contributed by atoms with Crippen LogP contribution >= 0.6 is 11.6 Å². The van der Waals surface area contributed by atoms with Crippen molar-refractivity contribution in [3.8, 4) is 11.1 Å². The van der Waals surface area contributed by atoms with Crippen molar-refractivity contribution in [2.24, 2.45) is 5.92 Å². The molecule has 120 valence electrons. The van der Waals surface area contributed by atoms with E-state index in [1.165, 1.54) is 0 Å². The van der Waals surface area contributed by atoms with Crippen LogP contribution in [0, 0.1) is 5.92 Å². The fourth-order valence-corrected chi connectivity index (χ4v) is 3.00. The molecular weight excluding hydrogens is 312 g/mol. The fourth-order valence-electron chi connectivity index (χ4n) is 2.81. The van der Waals surface area contributed by atoms with Gasteiger partial charge in [0, 0.05) is 36.3 Å². The van der Waals surface area contributed by atoms with Crippen molar-refractivity contribution < 1.29 is 9.90 Å². The van der Waals surface area contributed by atoms with Crippen LogP contribution in [0.4, 0.5) is 10.5 Å². The standard InChI is InChI=1S/C18H19ClN2O2/c19-16-5-1-3-14(9-16)15-4-2-6-17(10-15)20-18(23)21-8-7-13(11-21)12-22/h1-6,9-10,13,22H,7-8,11-12H2,(H,20,23)/t13-/m0/s1. The highest BCUT2D eigenvalue weighted by atomic mass is 35.5. The molecule has 5 heteroatoms. The van der Waals surface area contributed by atoms with E-state index in [-0.39, 0.29) is 18.6 Å². The van der Waals surface area contributed by atoms with Crippen molar-refractivity contribution in [3.05, 3.63) is 53.6 Å². The summed E-state index contributed by atoms with van der Waals surface area (Å²) in [6.07, 6.45) is 0.854. The second kappa shape index (κ2) is 7.02. The Balaban J connectivity index is 1.72. The Morgan fingerprint density at radius 2 is 1.96 bits per heavy atom. The van der Waals surface area contributed by atoms with Crippen molar-refractivity contribution in [2.45, 2.75) is 6.42 Å². The first-order valence-corrected chi connectivity index (χ1v) is 8.06. The molecule has 2 aromatic carbocycles.